The van der Waals surface area contributed by atoms with E-state index in [1.54, 1.807) is 6.92 Å². The van der Waals surface area contributed by atoms with Gasteiger partial charge in [0.25, 0.3) is 0 Å². The Hall–Kier alpha value is -1.92. The van der Waals surface area contributed by atoms with Gasteiger partial charge in [-0.05, 0) is 13.3 Å². The fraction of sp³-hybridized carbons (Fsp3) is 0.538. The molecule has 1 aliphatic carbocycles. The van der Waals surface area contributed by atoms with Crippen LogP contribution < -0.4 is 0 Å². The second-order valence-electron chi connectivity index (χ2n) is 5.27. The molecule has 5 nitrogen and oxygen atoms in total. The van der Waals surface area contributed by atoms with Gasteiger partial charge in [0, 0.05) is 12.4 Å². The van der Waals surface area contributed by atoms with Crippen molar-refractivity contribution < 1.29 is 28.2 Å². The summed E-state index contributed by atoms with van der Waals surface area (Å²) < 4.78 is 33.1. The molecule has 2 heterocycles. The number of Topliss-reactive ketones (excluding diaryl/α,β-unsaturated/α-hetero) is 1. The van der Waals surface area contributed by atoms with E-state index in [0.717, 1.165) is 0 Å². The van der Waals surface area contributed by atoms with Crippen LogP contribution in [0.5, 0.6) is 0 Å². The van der Waals surface area contributed by atoms with E-state index < -0.39 is 47.7 Å². The van der Waals surface area contributed by atoms with Gasteiger partial charge in [-0.1, -0.05) is 0 Å². The molecule has 5 unspecified atom stereocenters. The molecule has 3 rings (SSSR count). The highest BCUT2D eigenvalue weighted by molar-refractivity contribution is 6.18. The summed E-state index contributed by atoms with van der Waals surface area (Å²) in [4.78, 5) is 24.7. The van der Waals surface area contributed by atoms with Crippen LogP contribution in [0.4, 0.5) is 8.78 Å². The smallest absolute Gasteiger partial charge is 0.340 e. The first kappa shape index (κ1) is 13.1. The summed E-state index contributed by atoms with van der Waals surface area (Å²) in [5, 5.41) is 9.04. The molecule has 0 aromatic heterocycles. The third-order valence-corrected chi connectivity index (χ3v) is 4.00. The zero-order valence-electron chi connectivity index (χ0n) is 10.6. The lowest BCUT2D eigenvalue weighted by Gasteiger charge is -2.49. The van der Waals surface area contributed by atoms with Crippen molar-refractivity contribution in [1.82, 2.24) is 4.90 Å². The fourth-order valence-electron chi connectivity index (χ4n) is 3.15. The standard InChI is InChI=1S/C13H13F2NO4/c1-5-3-16-4-7(13(18)19)11(17)6-2-8(14)9(15)12(20-5)10(6)16/h3-4,6,8-10,12H,2H2,1H3,(H,18,19). The predicted octanol–water partition coefficient (Wildman–Crippen LogP) is 1.16. The van der Waals surface area contributed by atoms with E-state index in [0.29, 0.717) is 5.76 Å². The maximum Gasteiger partial charge on any atom is 0.340 e. The van der Waals surface area contributed by atoms with Crippen LogP contribution in [-0.4, -0.2) is 46.2 Å². The number of ketones is 1. The quantitative estimate of drug-likeness (QED) is 0.732. The molecule has 0 aromatic rings. The van der Waals surface area contributed by atoms with Gasteiger partial charge < -0.3 is 14.7 Å². The van der Waals surface area contributed by atoms with Crippen LogP contribution in [-0.2, 0) is 14.3 Å². The van der Waals surface area contributed by atoms with Crippen LogP contribution in [0.15, 0.2) is 23.7 Å². The number of hydrogen-bond donors (Lipinski definition) is 1. The number of rotatable bonds is 1. The lowest BCUT2D eigenvalue weighted by atomic mass is 9.73. The zero-order chi connectivity index (χ0) is 14.6. The fourth-order valence-corrected chi connectivity index (χ4v) is 3.15. The topological polar surface area (TPSA) is 66.8 Å². The van der Waals surface area contributed by atoms with E-state index in [9.17, 15) is 18.4 Å². The Morgan fingerprint density at radius 3 is 2.80 bits per heavy atom. The maximum atomic E-state index is 14.0. The monoisotopic (exact) mass is 285 g/mol. The molecule has 0 radical (unpaired) electrons. The molecule has 1 fully saturated rings. The summed E-state index contributed by atoms with van der Waals surface area (Å²) in [6.07, 6.45) is -2.38. The number of nitrogens with zero attached hydrogens (tertiary/aromatic N) is 1. The van der Waals surface area contributed by atoms with Gasteiger partial charge in [-0.3, -0.25) is 4.79 Å². The predicted molar refractivity (Wildman–Crippen MR) is 62.9 cm³/mol. The number of carbonyl (C=O) groups excluding carboxylic acids is 1. The molecule has 1 saturated carbocycles. The molecule has 20 heavy (non-hydrogen) atoms. The number of alkyl halides is 2. The first-order chi connectivity index (χ1) is 9.40. The average Bonchev–Trinajstić information content (AvgIpc) is 2.38. The van der Waals surface area contributed by atoms with Gasteiger partial charge in [0.2, 0.25) is 0 Å². The van der Waals surface area contributed by atoms with E-state index >= 15 is 0 Å². The van der Waals surface area contributed by atoms with Crippen LogP contribution >= 0.6 is 0 Å². The molecule has 108 valence electrons. The second-order valence-corrected chi connectivity index (χ2v) is 5.27. The van der Waals surface area contributed by atoms with Gasteiger partial charge in [0.05, 0.1) is 12.0 Å². The molecular formula is C13H13F2NO4. The molecular weight excluding hydrogens is 272 g/mol. The lowest BCUT2D eigenvalue weighted by Crippen LogP contribution is -2.62. The molecule has 1 N–H and O–H groups in total. The summed E-state index contributed by atoms with van der Waals surface area (Å²) in [5.41, 5.74) is -0.402. The van der Waals surface area contributed by atoms with Gasteiger partial charge in [-0.2, -0.15) is 0 Å². The first-order valence-corrected chi connectivity index (χ1v) is 6.30. The van der Waals surface area contributed by atoms with Crippen molar-refractivity contribution in [2.45, 2.75) is 37.8 Å². The molecule has 0 spiro atoms. The minimum atomic E-state index is -1.83. The van der Waals surface area contributed by atoms with Crippen molar-refractivity contribution in [1.29, 1.82) is 0 Å². The third kappa shape index (κ3) is 1.72. The van der Waals surface area contributed by atoms with Crippen LogP contribution in [0.25, 0.3) is 0 Å². The molecule has 0 saturated heterocycles. The summed E-state index contributed by atoms with van der Waals surface area (Å²) >= 11 is 0. The first-order valence-electron chi connectivity index (χ1n) is 6.30. The molecule has 3 aliphatic rings. The number of allylic oxidation sites excluding steroid dienone is 1. The van der Waals surface area contributed by atoms with Crippen molar-refractivity contribution in [3.05, 3.63) is 23.7 Å². The second kappa shape index (κ2) is 4.29. The zero-order valence-corrected chi connectivity index (χ0v) is 10.6. The Morgan fingerprint density at radius 1 is 1.45 bits per heavy atom. The van der Waals surface area contributed by atoms with Gasteiger partial charge in [0.15, 0.2) is 18.1 Å². The average molecular weight is 285 g/mol. The SMILES string of the molecule is CC1=CN2C=C(C(=O)O)C(=O)C3CC(F)C(F)C(O1)C32. The largest absolute Gasteiger partial charge is 0.488 e. The van der Waals surface area contributed by atoms with Crippen molar-refractivity contribution in [2.24, 2.45) is 5.92 Å². The Labute approximate surface area is 113 Å². The minimum absolute atomic E-state index is 0.321. The van der Waals surface area contributed by atoms with Crippen molar-refractivity contribution in [2.75, 3.05) is 0 Å². The Morgan fingerprint density at radius 2 is 2.15 bits per heavy atom. The van der Waals surface area contributed by atoms with Gasteiger partial charge in [-0.15, -0.1) is 0 Å². The number of carboxylic acids is 1. The number of halogens is 2. The Bertz CT molecular complexity index is 544. The molecule has 0 amide bonds. The Balaban J connectivity index is 2.09. The highest BCUT2D eigenvalue weighted by Gasteiger charge is 2.55. The Kier molecular flexibility index (Phi) is 2.81. The summed E-state index contributed by atoms with van der Waals surface area (Å²) in [7, 11) is 0. The number of carboxylic acid groups (broad SMARTS) is 1. The molecule has 0 bridgehead atoms. The number of carbonyl (C=O) groups is 2. The number of ether oxygens (including phenoxy) is 1. The normalized spacial score (nSPS) is 39.5. The van der Waals surface area contributed by atoms with Gasteiger partial charge >= 0.3 is 5.97 Å². The minimum Gasteiger partial charge on any atom is -0.488 e. The van der Waals surface area contributed by atoms with Crippen molar-refractivity contribution in [3.8, 4) is 0 Å². The molecule has 7 heteroatoms. The highest BCUT2D eigenvalue weighted by atomic mass is 19.2. The number of aliphatic carboxylic acids is 1. The van der Waals surface area contributed by atoms with Crippen LogP contribution in [0.3, 0.4) is 0 Å². The van der Waals surface area contributed by atoms with Gasteiger partial charge in [-0.25, -0.2) is 13.6 Å². The molecule has 5 atom stereocenters. The van der Waals surface area contributed by atoms with E-state index in [2.05, 4.69) is 0 Å². The van der Waals surface area contributed by atoms with E-state index in [1.807, 2.05) is 0 Å². The van der Waals surface area contributed by atoms with E-state index in [-0.39, 0.29) is 6.42 Å². The maximum absolute atomic E-state index is 14.0. The van der Waals surface area contributed by atoms with E-state index in [4.69, 9.17) is 9.84 Å². The van der Waals surface area contributed by atoms with Gasteiger partial charge in [0.1, 0.15) is 17.5 Å². The summed E-state index contributed by atoms with van der Waals surface area (Å²) in [5.74, 6) is -2.56. The van der Waals surface area contributed by atoms with Crippen LogP contribution in [0.1, 0.15) is 13.3 Å². The van der Waals surface area contributed by atoms with Crippen molar-refractivity contribution in [3.63, 3.8) is 0 Å². The molecule has 0 aromatic carbocycles. The van der Waals surface area contributed by atoms with Crippen molar-refractivity contribution >= 4 is 11.8 Å². The summed E-state index contributed by atoms with van der Waals surface area (Å²) in [6, 6.07) is -0.684. The highest BCUT2D eigenvalue weighted by Crippen LogP contribution is 2.42. The number of hydrogen-bond acceptors (Lipinski definition) is 4. The van der Waals surface area contributed by atoms with Crippen LogP contribution in [0, 0.1) is 5.92 Å². The summed E-state index contributed by atoms with van der Waals surface area (Å²) in [6.45, 7) is 1.57. The lowest BCUT2D eigenvalue weighted by molar-refractivity contribution is -0.144. The third-order valence-electron chi connectivity index (χ3n) is 4.00. The van der Waals surface area contributed by atoms with E-state index in [1.165, 1.54) is 17.3 Å². The molecule has 2 aliphatic heterocycles. The van der Waals surface area contributed by atoms with Crippen LogP contribution in [0.2, 0.25) is 0 Å².